The van der Waals surface area contributed by atoms with Gasteiger partial charge in [-0.05, 0) is 104 Å². The highest BCUT2D eigenvalue weighted by molar-refractivity contribution is 7.88. The number of carboxylic acid groups (broad SMARTS) is 2. The minimum atomic E-state index is -3.75. The lowest BCUT2D eigenvalue weighted by Crippen LogP contribution is -2.51. The van der Waals surface area contributed by atoms with Crippen molar-refractivity contribution in [3.8, 4) is 16.2 Å². The van der Waals surface area contributed by atoms with Crippen LogP contribution in [-0.2, 0) is 37.2 Å². The Bertz CT molecular complexity index is 3010. The molecule has 3 aliphatic heterocycles. The van der Waals surface area contributed by atoms with Crippen molar-refractivity contribution in [2.45, 2.75) is 80.7 Å². The van der Waals surface area contributed by atoms with Gasteiger partial charge in [0, 0.05) is 56.1 Å². The molecule has 18 nitrogen and oxygen atoms in total. The van der Waals surface area contributed by atoms with Gasteiger partial charge in [0.15, 0.2) is 17.2 Å². The van der Waals surface area contributed by atoms with Gasteiger partial charge in [-0.25, -0.2) is 27.6 Å². The van der Waals surface area contributed by atoms with E-state index in [2.05, 4.69) is 16.0 Å². The van der Waals surface area contributed by atoms with Gasteiger partial charge in [0.1, 0.15) is 11.1 Å². The van der Waals surface area contributed by atoms with Crippen LogP contribution in [0, 0.1) is 0 Å². The zero-order valence-corrected chi connectivity index (χ0v) is 38.7. The zero-order valence-electron chi connectivity index (χ0n) is 36.3. The molecule has 5 heterocycles. The third kappa shape index (κ3) is 9.26. The second-order valence-electron chi connectivity index (χ2n) is 17.7. The number of urea groups is 1. The fraction of sp³-hybridized carbons (Fsp3) is 0.391. The van der Waals surface area contributed by atoms with E-state index in [9.17, 15) is 42.3 Å². The lowest BCUT2D eigenvalue weighted by Gasteiger charge is -2.39. The van der Waals surface area contributed by atoms with Crippen LogP contribution in [0.15, 0.2) is 71.5 Å². The number of ether oxygens (including phenoxy) is 1. The van der Waals surface area contributed by atoms with Gasteiger partial charge in [0.25, 0.3) is 0 Å². The second kappa shape index (κ2) is 18.1. The summed E-state index contributed by atoms with van der Waals surface area (Å²) in [6.45, 7) is 0.542. The predicted octanol–water partition coefficient (Wildman–Crippen LogP) is 6.21. The molecule has 5 aromatic rings. The first-order chi connectivity index (χ1) is 32.0. The number of fused-ring (bicyclic) bond motifs is 1. The van der Waals surface area contributed by atoms with Gasteiger partial charge in [0.2, 0.25) is 21.8 Å². The Balaban J connectivity index is 0.794. The zero-order chi connectivity index (χ0) is 47.4. The number of hydrogen-bond acceptors (Lipinski definition) is 11. The lowest BCUT2D eigenvalue weighted by atomic mass is 9.89. The molecular weight excluding hydrogens is 926 g/mol. The molecule has 67 heavy (non-hydrogen) atoms. The standard InChI is InChI=1S/C46H48ClN7O11S2/c1-51-35-22-28(8-9-33(35)54(45(51)62)34-10-11-36(55)50-42(34)58)27-12-17-52(18-13-27)44(61)49-30-6-2-4-26(20-30)25-67(63,64)53-19-14-32(23-46(53)15-16-46)48-31-7-3-5-29(21-31)40-38(47)39(65-24-37(56)57)41(66-40)43(59)60/h2-9,20-22,27,32,34,48H,10-19,23-25H2,1H3,(H,49,61)(H,56,57)(H,59,60)(H,50,55,58)/t32-,34?/m1/s1. The average molecular weight is 975 g/mol. The third-order valence-corrected chi connectivity index (χ3v) is 16.9. The van der Waals surface area contributed by atoms with Crippen LogP contribution in [0.1, 0.15) is 84.1 Å². The first-order valence-corrected chi connectivity index (χ1v) is 24.8. The number of likely N-dealkylation sites (tertiary alicyclic amines) is 1. The molecule has 4 fully saturated rings. The first-order valence-electron chi connectivity index (χ1n) is 22.0. The minimum absolute atomic E-state index is 0.00655. The smallest absolute Gasteiger partial charge is 0.349 e. The largest absolute Gasteiger partial charge is 0.479 e. The van der Waals surface area contributed by atoms with Crippen molar-refractivity contribution in [3.63, 3.8) is 0 Å². The Hall–Kier alpha value is -6.22. The van der Waals surface area contributed by atoms with Crippen LogP contribution in [0.4, 0.5) is 16.2 Å². The number of sulfonamides is 1. The highest BCUT2D eigenvalue weighted by Gasteiger charge is 2.55. The van der Waals surface area contributed by atoms with Crippen LogP contribution in [0.2, 0.25) is 5.02 Å². The summed E-state index contributed by atoms with van der Waals surface area (Å²) in [4.78, 5) is 76.1. The maximum atomic E-state index is 14.1. The number of aromatic nitrogens is 2. The number of nitrogens with zero attached hydrogens (tertiary/aromatic N) is 4. The maximum Gasteiger partial charge on any atom is 0.349 e. The summed E-state index contributed by atoms with van der Waals surface area (Å²) in [5.74, 6) is -3.69. The topological polar surface area (TPSA) is 239 Å². The van der Waals surface area contributed by atoms with Gasteiger partial charge in [-0.2, -0.15) is 4.31 Å². The molecule has 3 saturated heterocycles. The third-order valence-electron chi connectivity index (χ3n) is 13.3. The molecule has 4 aliphatic rings. The fourth-order valence-electron chi connectivity index (χ4n) is 9.81. The number of benzene rings is 3. The fourth-order valence-corrected chi connectivity index (χ4v) is 13.2. The molecule has 1 saturated carbocycles. The van der Waals surface area contributed by atoms with Crippen molar-refractivity contribution in [1.82, 2.24) is 23.7 Å². The van der Waals surface area contributed by atoms with Gasteiger partial charge in [-0.3, -0.25) is 24.0 Å². The normalized spacial score (nSPS) is 19.9. The number of anilines is 2. The number of thiophene rings is 1. The van der Waals surface area contributed by atoms with E-state index < -0.39 is 46.1 Å². The molecule has 352 valence electrons. The number of imidazole rings is 1. The number of nitrogens with one attached hydrogen (secondary N) is 3. The highest BCUT2D eigenvalue weighted by atomic mass is 35.5. The summed E-state index contributed by atoms with van der Waals surface area (Å²) in [7, 11) is -2.08. The van der Waals surface area contributed by atoms with Crippen LogP contribution in [-0.4, -0.2) is 105 Å². The average Bonchev–Trinajstić information content (AvgIpc) is 3.88. The lowest BCUT2D eigenvalue weighted by molar-refractivity contribution is -0.139. The second-order valence-corrected chi connectivity index (χ2v) is 21.0. The van der Waals surface area contributed by atoms with E-state index in [4.69, 9.17) is 21.4 Å². The molecule has 1 spiro atoms. The molecule has 0 bridgehead atoms. The SMILES string of the molecule is Cn1c(=O)n(C2CCC(=O)NC2=O)c2ccc(C3CCN(C(=O)Nc4cccc(CS(=O)(=O)N5CC[C@@H](Nc6cccc(-c7sc(C(=O)O)c(OCC(=O)O)c7Cl)c6)CC56CC6)c4)CC3)cc21. The van der Waals surface area contributed by atoms with Gasteiger partial charge >= 0.3 is 23.7 Å². The Morgan fingerprint density at radius 1 is 0.925 bits per heavy atom. The summed E-state index contributed by atoms with van der Waals surface area (Å²) in [6, 6.07) is 18.8. The van der Waals surface area contributed by atoms with Crippen LogP contribution in [0.25, 0.3) is 21.5 Å². The summed E-state index contributed by atoms with van der Waals surface area (Å²) in [5, 5.41) is 27.6. The number of aromatic carboxylic acids is 1. The molecule has 3 aromatic carbocycles. The van der Waals surface area contributed by atoms with E-state index in [-0.39, 0.29) is 63.8 Å². The van der Waals surface area contributed by atoms with E-state index in [1.54, 1.807) is 52.7 Å². The Labute approximate surface area is 393 Å². The van der Waals surface area contributed by atoms with E-state index in [0.29, 0.717) is 78.0 Å². The monoisotopic (exact) mass is 973 g/mol. The summed E-state index contributed by atoms with van der Waals surface area (Å²) in [6.07, 6.45) is 4.38. The number of halogens is 1. The minimum Gasteiger partial charge on any atom is -0.479 e. The van der Waals surface area contributed by atoms with Crippen LogP contribution in [0.3, 0.4) is 0 Å². The summed E-state index contributed by atoms with van der Waals surface area (Å²) in [5.41, 5.74) is 3.88. The molecule has 2 atom stereocenters. The van der Waals surface area contributed by atoms with Crippen LogP contribution in [0.5, 0.6) is 5.75 Å². The number of carbonyl (C=O) groups is 5. The predicted molar refractivity (Wildman–Crippen MR) is 250 cm³/mol. The molecule has 4 amide bonds. The van der Waals surface area contributed by atoms with Crippen LogP contribution >= 0.6 is 22.9 Å². The number of imide groups is 1. The van der Waals surface area contributed by atoms with Gasteiger partial charge in [0.05, 0.1) is 21.7 Å². The van der Waals surface area contributed by atoms with E-state index in [1.165, 1.54) is 9.13 Å². The van der Waals surface area contributed by atoms with Crippen molar-refractivity contribution in [2.75, 3.05) is 36.9 Å². The molecule has 9 rings (SSSR count). The van der Waals surface area contributed by atoms with Gasteiger partial charge < -0.3 is 30.5 Å². The molecule has 0 radical (unpaired) electrons. The van der Waals surface area contributed by atoms with Crippen molar-refractivity contribution >= 4 is 85.2 Å². The first kappa shape index (κ1) is 45.9. The number of carbonyl (C=O) groups excluding carboxylic acids is 3. The molecular formula is C46H48ClN7O11S2. The molecule has 1 unspecified atom stereocenters. The number of piperidine rings is 3. The Morgan fingerprint density at radius 3 is 2.39 bits per heavy atom. The van der Waals surface area contributed by atoms with Crippen molar-refractivity contribution in [2.24, 2.45) is 7.05 Å². The van der Waals surface area contributed by atoms with E-state index in [1.807, 2.05) is 30.3 Å². The molecule has 5 N–H and O–H groups in total. The van der Waals surface area contributed by atoms with Crippen molar-refractivity contribution in [1.29, 1.82) is 0 Å². The Morgan fingerprint density at radius 2 is 1.67 bits per heavy atom. The number of rotatable bonds is 13. The van der Waals surface area contributed by atoms with E-state index >= 15 is 0 Å². The summed E-state index contributed by atoms with van der Waals surface area (Å²) < 4.78 is 38.0. The highest BCUT2D eigenvalue weighted by Crippen LogP contribution is 2.51. The molecule has 21 heteroatoms. The van der Waals surface area contributed by atoms with Crippen molar-refractivity contribution in [3.05, 3.63) is 98.2 Å². The molecule has 2 aromatic heterocycles. The van der Waals surface area contributed by atoms with Crippen molar-refractivity contribution < 1.29 is 47.3 Å². The maximum absolute atomic E-state index is 14.1. The number of aryl methyl sites for hydroxylation is 1. The van der Waals surface area contributed by atoms with Crippen LogP contribution < -0.4 is 26.4 Å². The van der Waals surface area contributed by atoms with Gasteiger partial charge in [-0.1, -0.05) is 41.9 Å². The van der Waals surface area contributed by atoms with Gasteiger partial charge in [-0.15, -0.1) is 11.3 Å². The quantitative estimate of drug-likeness (QED) is 0.0828. The number of aliphatic carboxylic acids is 1. The summed E-state index contributed by atoms with van der Waals surface area (Å²) >= 11 is 7.42. The Kier molecular flexibility index (Phi) is 12.4. The molecule has 1 aliphatic carbocycles. The number of carboxylic acids is 2. The number of amides is 4. The van der Waals surface area contributed by atoms with E-state index in [0.717, 1.165) is 35.4 Å². The number of hydrogen-bond donors (Lipinski definition) is 5.